The molecule has 8 heteroatoms. The first-order chi connectivity index (χ1) is 10.7. The van der Waals surface area contributed by atoms with E-state index in [0.717, 1.165) is 25.6 Å². The summed E-state index contributed by atoms with van der Waals surface area (Å²) in [4.78, 5) is 9.22. The maximum absolute atomic E-state index is 12.2. The number of aliphatic imine (C=N–C) groups is 1. The third-order valence-corrected chi connectivity index (χ3v) is 7.15. The molecule has 1 atom stereocenters. The summed E-state index contributed by atoms with van der Waals surface area (Å²) in [6.45, 7) is 16.7. The van der Waals surface area contributed by atoms with Gasteiger partial charge in [0.15, 0.2) is 15.8 Å². The number of sulfone groups is 1. The van der Waals surface area contributed by atoms with Crippen molar-refractivity contribution in [2.24, 2.45) is 4.99 Å². The van der Waals surface area contributed by atoms with Crippen molar-refractivity contribution in [3.63, 3.8) is 0 Å². The fourth-order valence-corrected chi connectivity index (χ4v) is 4.30. The lowest BCUT2D eigenvalue weighted by molar-refractivity contribution is 0.236. The number of rotatable bonds is 6. The summed E-state index contributed by atoms with van der Waals surface area (Å²) in [6, 6.07) is 0.375. The van der Waals surface area contributed by atoms with Gasteiger partial charge in [0, 0.05) is 25.7 Å². The summed E-state index contributed by atoms with van der Waals surface area (Å²) in [5, 5.41) is 3.31. The number of nitrogens with zero attached hydrogens (tertiary/aromatic N) is 3. The van der Waals surface area contributed by atoms with Crippen LogP contribution in [0.2, 0.25) is 0 Å². The molecule has 0 aromatic rings. The van der Waals surface area contributed by atoms with E-state index >= 15 is 0 Å². The van der Waals surface area contributed by atoms with Crippen molar-refractivity contribution in [2.75, 3.05) is 45.0 Å². The van der Waals surface area contributed by atoms with Gasteiger partial charge < -0.3 is 10.2 Å². The molecular formula is C16H35IN4O2S. The van der Waals surface area contributed by atoms with Gasteiger partial charge in [0.1, 0.15) is 0 Å². The zero-order chi connectivity index (χ0) is 17.7. The largest absolute Gasteiger partial charge is 0.357 e. The third kappa shape index (κ3) is 6.01. The third-order valence-electron chi connectivity index (χ3n) is 4.62. The molecule has 0 aromatic carbocycles. The summed E-state index contributed by atoms with van der Waals surface area (Å²) in [6.07, 6.45) is 0. The second-order valence-corrected chi connectivity index (χ2v) is 9.51. The number of guanidine groups is 1. The number of hydrogen-bond donors (Lipinski definition) is 1. The summed E-state index contributed by atoms with van der Waals surface area (Å²) < 4.78 is 23.6. The molecule has 0 bridgehead atoms. The zero-order valence-electron chi connectivity index (χ0n) is 16.0. The normalized spacial score (nSPS) is 21.3. The average molecular weight is 474 g/mol. The van der Waals surface area contributed by atoms with Gasteiger partial charge in [-0.2, -0.15) is 0 Å². The van der Waals surface area contributed by atoms with Crippen molar-refractivity contribution < 1.29 is 8.42 Å². The molecule has 1 aliphatic rings. The van der Waals surface area contributed by atoms with Crippen LogP contribution in [0, 0.1) is 0 Å². The van der Waals surface area contributed by atoms with E-state index in [1.165, 1.54) is 0 Å². The van der Waals surface area contributed by atoms with Crippen LogP contribution >= 0.6 is 24.0 Å². The number of halogens is 1. The van der Waals surface area contributed by atoms with Gasteiger partial charge >= 0.3 is 0 Å². The Balaban J connectivity index is 0.00000529. The highest BCUT2D eigenvalue weighted by atomic mass is 127. The minimum atomic E-state index is -3.03. The molecule has 6 nitrogen and oxygen atoms in total. The lowest BCUT2D eigenvalue weighted by Gasteiger charge is -2.39. The highest BCUT2D eigenvalue weighted by Crippen LogP contribution is 2.23. The molecule has 0 spiro atoms. The standard InChI is InChI=1S/C16H34N4O2S.HI/c1-7-17-15(18-12-14(4)19(8-2)9-3)20-10-11-23(21,22)16(5,6)13-20;/h14H,7-13H2,1-6H3,(H,17,18);1H. The van der Waals surface area contributed by atoms with E-state index in [4.69, 9.17) is 4.99 Å². The van der Waals surface area contributed by atoms with Crippen molar-refractivity contribution in [3.05, 3.63) is 0 Å². The number of hydrogen-bond acceptors (Lipinski definition) is 4. The highest BCUT2D eigenvalue weighted by Gasteiger charge is 2.40. The number of likely N-dealkylation sites (N-methyl/N-ethyl adjacent to an activating group) is 1. The molecular weight excluding hydrogens is 439 g/mol. The first-order valence-electron chi connectivity index (χ1n) is 8.68. The average Bonchev–Trinajstić information content (AvgIpc) is 2.47. The van der Waals surface area contributed by atoms with Gasteiger partial charge in [-0.05, 0) is 40.8 Å². The van der Waals surface area contributed by atoms with E-state index in [0.29, 0.717) is 25.7 Å². The van der Waals surface area contributed by atoms with E-state index in [9.17, 15) is 8.42 Å². The van der Waals surface area contributed by atoms with Gasteiger partial charge in [0.25, 0.3) is 0 Å². The minimum Gasteiger partial charge on any atom is -0.357 e. The van der Waals surface area contributed by atoms with Crippen LogP contribution in [0.25, 0.3) is 0 Å². The van der Waals surface area contributed by atoms with E-state index in [1.54, 1.807) is 13.8 Å². The maximum atomic E-state index is 12.2. The Labute approximate surface area is 165 Å². The van der Waals surface area contributed by atoms with Crippen LogP contribution in [-0.2, 0) is 9.84 Å². The molecule has 1 fully saturated rings. The van der Waals surface area contributed by atoms with Crippen LogP contribution in [0.3, 0.4) is 0 Å². The molecule has 1 rings (SSSR count). The Morgan fingerprint density at radius 2 is 1.88 bits per heavy atom. The van der Waals surface area contributed by atoms with Gasteiger partial charge in [-0.3, -0.25) is 9.89 Å². The fraction of sp³-hybridized carbons (Fsp3) is 0.938. The predicted octanol–water partition coefficient (Wildman–Crippen LogP) is 1.81. The molecule has 1 aliphatic heterocycles. The smallest absolute Gasteiger partial charge is 0.194 e. The van der Waals surface area contributed by atoms with E-state index in [-0.39, 0.29) is 29.7 Å². The Morgan fingerprint density at radius 3 is 2.33 bits per heavy atom. The lowest BCUT2D eigenvalue weighted by atomic mass is 10.2. The molecule has 0 aromatic heterocycles. The van der Waals surface area contributed by atoms with Gasteiger partial charge in [-0.15, -0.1) is 24.0 Å². The lowest BCUT2D eigenvalue weighted by Crippen LogP contribution is -2.57. The molecule has 0 radical (unpaired) electrons. The van der Waals surface area contributed by atoms with Crippen LogP contribution in [0.5, 0.6) is 0 Å². The van der Waals surface area contributed by atoms with E-state index in [2.05, 4.69) is 35.9 Å². The Hall–Kier alpha value is -0.0900. The van der Waals surface area contributed by atoms with Crippen LogP contribution in [0.4, 0.5) is 0 Å². The highest BCUT2D eigenvalue weighted by molar-refractivity contribution is 14.0. The monoisotopic (exact) mass is 474 g/mol. The number of nitrogens with one attached hydrogen (secondary N) is 1. The molecule has 1 saturated heterocycles. The second kappa shape index (κ2) is 10.2. The topological polar surface area (TPSA) is 65.0 Å². The fourth-order valence-electron chi connectivity index (χ4n) is 2.93. The SMILES string of the molecule is CCNC(=NCC(C)N(CC)CC)N1CCS(=O)(=O)C(C)(C)C1.I. The molecule has 24 heavy (non-hydrogen) atoms. The maximum Gasteiger partial charge on any atom is 0.194 e. The van der Waals surface area contributed by atoms with E-state index in [1.807, 2.05) is 6.92 Å². The molecule has 1 unspecified atom stereocenters. The predicted molar refractivity (Wildman–Crippen MR) is 113 cm³/mol. The van der Waals surface area contributed by atoms with Crippen molar-refractivity contribution in [2.45, 2.75) is 52.3 Å². The molecule has 1 heterocycles. The molecule has 0 aliphatic carbocycles. The quantitative estimate of drug-likeness (QED) is 0.362. The first-order valence-corrected chi connectivity index (χ1v) is 10.3. The zero-order valence-corrected chi connectivity index (χ0v) is 19.1. The molecule has 1 N–H and O–H groups in total. The summed E-state index contributed by atoms with van der Waals surface area (Å²) in [5.41, 5.74) is 0. The first kappa shape index (κ1) is 23.9. The van der Waals surface area contributed by atoms with Crippen LogP contribution in [0.1, 0.15) is 41.5 Å². The van der Waals surface area contributed by atoms with Crippen LogP contribution < -0.4 is 5.32 Å². The van der Waals surface area contributed by atoms with Gasteiger partial charge in [0.2, 0.25) is 0 Å². The Morgan fingerprint density at radius 1 is 1.29 bits per heavy atom. The molecule has 0 amide bonds. The van der Waals surface area contributed by atoms with Crippen molar-refractivity contribution >= 4 is 39.8 Å². The summed E-state index contributed by atoms with van der Waals surface area (Å²) in [5.74, 6) is 1.02. The van der Waals surface area contributed by atoms with Gasteiger partial charge in [-0.1, -0.05) is 13.8 Å². The van der Waals surface area contributed by atoms with Crippen molar-refractivity contribution in [1.29, 1.82) is 0 Å². The molecule has 144 valence electrons. The van der Waals surface area contributed by atoms with Crippen molar-refractivity contribution in [3.8, 4) is 0 Å². The second-order valence-electron chi connectivity index (χ2n) is 6.76. The van der Waals surface area contributed by atoms with Crippen LogP contribution in [-0.4, -0.2) is 80.0 Å². The molecule has 0 saturated carbocycles. The van der Waals surface area contributed by atoms with E-state index < -0.39 is 14.6 Å². The van der Waals surface area contributed by atoms with Crippen molar-refractivity contribution in [1.82, 2.24) is 15.1 Å². The minimum absolute atomic E-state index is 0. The Bertz CT molecular complexity index is 504. The van der Waals surface area contributed by atoms with Gasteiger partial charge in [0.05, 0.1) is 17.0 Å². The summed E-state index contributed by atoms with van der Waals surface area (Å²) in [7, 11) is -3.03. The Kier molecular flexibility index (Phi) is 10.1. The van der Waals surface area contributed by atoms with Crippen LogP contribution in [0.15, 0.2) is 4.99 Å². The summed E-state index contributed by atoms with van der Waals surface area (Å²) >= 11 is 0. The van der Waals surface area contributed by atoms with Gasteiger partial charge in [-0.25, -0.2) is 8.42 Å².